The van der Waals surface area contributed by atoms with Gasteiger partial charge in [-0.25, -0.2) is 0 Å². The SMILES string of the molecule is CCCNC1CCN(C2CCOCC2)c2ccccc21. The second-order valence-corrected chi connectivity index (χ2v) is 5.89. The molecule has 0 aromatic heterocycles. The van der Waals surface area contributed by atoms with Gasteiger partial charge in [0.15, 0.2) is 0 Å². The summed E-state index contributed by atoms with van der Waals surface area (Å²) in [6.45, 7) is 6.34. The Kier molecular flexibility index (Phi) is 4.58. The molecule has 3 rings (SSSR count). The molecular weight excluding hydrogens is 248 g/mol. The maximum atomic E-state index is 5.51. The highest BCUT2D eigenvalue weighted by atomic mass is 16.5. The van der Waals surface area contributed by atoms with E-state index in [4.69, 9.17) is 4.74 Å². The Bertz CT molecular complexity index is 429. The van der Waals surface area contributed by atoms with E-state index in [9.17, 15) is 0 Å². The Morgan fingerprint density at radius 2 is 2.00 bits per heavy atom. The molecule has 3 heteroatoms. The Labute approximate surface area is 122 Å². The maximum Gasteiger partial charge on any atom is 0.0485 e. The molecule has 0 radical (unpaired) electrons. The van der Waals surface area contributed by atoms with Crippen LogP contribution in [0.2, 0.25) is 0 Å². The first kappa shape index (κ1) is 13.9. The molecule has 1 saturated heterocycles. The summed E-state index contributed by atoms with van der Waals surface area (Å²) in [5.41, 5.74) is 2.93. The molecule has 20 heavy (non-hydrogen) atoms. The number of benzene rings is 1. The summed E-state index contributed by atoms with van der Waals surface area (Å²) < 4.78 is 5.51. The van der Waals surface area contributed by atoms with Gasteiger partial charge >= 0.3 is 0 Å². The van der Waals surface area contributed by atoms with Gasteiger partial charge in [-0.2, -0.15) is 0 Å². The normalized spacial score (nSPS) is 23.6. The van der Waals surface area contributed by atoms with Crippen molar-refractivity contribution in [2.75, 3.05) is 31.2 Å². The first-order chi connectivity index (χ1) is 9.90. The van der Waals surface area contributed by atoms with Crippen LogP contribution < -0.4 is 10.2 Å². The van der Waals surface area contributed by atoms with Crippen molar-refractivity contribution in [3.8, 4) is 0 Å². The van der Waals surface area contributed by atoms with Gasteiger partial charge in [0, 0.05) is 37.5 Å². The van der Waals surface area contributed by atoms with Crippen LogP contribution in [0.15, 0.2) is 24.3 Å². The Morgan fingerprint density at radius 1 is 1.20 bits per heavy atom. The molecule has 1 atom stereocenters. The molecule has 2 heterocycles. The molecule has 0 bridgehead atoms. The lowest BCUT2D eigenvalue weighted by Gasteiger charge is -2.42. The van der Waals surface area contributed by atoms with E-state index in [0.717, 1.165) is 19.8 Å². The van der Waals surface area contributed by atoms with Crippen molar-refractivity contribution >= 4 is 5.69 Å². The topological polar surface area (TPSA) is 24.5 Å². The highest BCUT2D eigenvalue weighted by Crippen LogP contribution is 2.36. The van der Waals surface area contributed by atoms with Crippen LogP contribution in [-0.4, -0.2) is 32.3 Å². The number of hydrogen-bond donors (Lipinski definition) is 1. The van der Waals surface area contributed by atoms with Crippen LogP contribution in [-0.2, 0) is 4.74 Å². The number of rotatable bonds is 4. The van der Waals surface area contributed by atoms with Gasteiger partial charge in [-0.05, 0) is 43.9 Å². The van der Waals surface area contributed by atoms with Crippen LogP contribution in [0.5, 0.6) is 0 Å². The molecule has 0 aliphatic carbocycles. The van der Waals surface area contributed by atoms with Crippen LogP contribution >= 0.6 is 0 Å². The number of para-hydroxylation sites is 1. The number of fused-ring (bicyclic) bond motifs is 1. The minimum absolute atomic E-state index is 0.530. The fraction of sp³-hybridized carbons (Fsp3) is 0.647. The van der Waals surface area contributed by atoms with Crippen molar-refractivity contribution in [2.45, 2.75) is 44.7 Å². The Balaban J connectivity index is 1.80. The highest BCUT2D eigenvalue weighted by molar-refractivity contribution is 5.57. The van der Waals surface area contributed by atoms with Crippen molar-refractivity contribution in [1.29, 1.82) is 0 Å². The van der Waals surface area contributed by atoms with Gasteiger partial charge in [0.05, 0.1) is 0 Å². The van der Waals surface area contributed by atoms with E-state index >= 15 is 0 Å². The van der Waals surface area contributed by atoms with Crippen LogP contribution in [0.3, 0.4) is 0 Å². The van der Waals surface area contributed by atoms with Gasteiger partial charge in [-0.15, -0.1) is 0 Å². The molecule has 2 aliphatic heterocycles. The lowest BCUT2D eigenvalue weighted by Crippen LogP contribution is -2.44. The third-order valence-corrected chi connectivity index (χ3v) is 4.55. The van der Waals surface area contributed by atoms with Crippen molar-refractivity contribution in [3.05, 3.63) is 29.8 Å². The van der Waals surface area contributed by atoms with E-state index in [1.165, 1.54) is 43.5 Å². The van der Waals surface area contributed by atoms with Gasteiger partial charge in [0.2, 0.25) is 0 Å². The number of ether oxygens (including phenoxy) is 1. The lowest BCUT2D eigenvalue weighted by atomic mass is 9.93. The Morgan fingerprint density at radius 3 is 2.80 bits per heavy atom. The third-order valence-electron chi connectivity index (χ3n) is 4.55. The fourth-order valence-electron chi connectivity index (χ4n) is 3.49. The molecule has 110 valence electrons. The lowest BCUT2D eigenvalue weighted by molar-refractivity contribution is 0.0838. The fourth-order valence-corrected chi connectivity index (χ4v) is 3.49. The number of anilines is 1. The predicted molar refractivity (Wildman–Crippen MR) is 83.3 cm³/mol. The third kappa shape index (κ3) is 2.84. The molecule has 2 aliphatic rings. The van der Waals surface area contributed by atoms with Crippen LogP contribution in [0.4, 0.5) is 5.69 Å². The zero-order chi connectivity index (χ0) is 13.8. The summed E-state index contributed by atoms with van der Waals surface area (Å²) in [6.07, 6.45) is 4.75. The molecule has 1 aromatic rings. The van der Waals surface area contributed by atoms with E-state index in [-0.39, 0.29) is 0 Å². The van der Waals surface area contributed by atoms with E-state index in [2.05, 4.69) is 41.4 Å². The zero-order valence-corrected chi connectivity index (χ0v) is 12.5. The van der Waals surface area contributed by atoms with Crippen molar-refractivity contribution in [2.24, 2.45) is 0 Å². The minimum Gasteiger partial charge on any atom is -0.381 e. The van der Waals surface area contributed by atoms with Crippen LogP contribution in [0.1, 0.15) is 44.2 Å². The second kappa shape index (κ2) is 6.59. The number of nitrogens with zero attached hydrogens (tertiary/aromatic N) is 1. The van der Waals surface area contributed by atoms with Gasteiger partial charge in [-0.1, -0.05) is 25.1 Å². The largest absolute Gasteiger partial charge is 0.381 e. The first-order valence-electron chi connectivity index (χ1n) is 8.07. The van der Waals surface area contributed by atoms with Crippen molar-refractivity contribution in [3.63, 3.8) is 0 Å². The standard InChI is InChI=1S/C17H26N2O/c1-2-10-18-16-7-11-19(14-8-12-20-13-9-14)17-6-4-3-5-15(16)17/h3-6,14,16,18H,2,7-13H2,1H3. The van der Waals surface area contributed by atoms with Gasteiger partial charge < -0.3 is 15.0 Å². The first-order valence-corrected chi connectivity index (χ1v) is 8.07. The summed E-state index contributed by atoms with van der Waals surface area (Å²) in [4.78, 5) is 2.63. The summed E-state index contributed by atoms with van der Waals surface area (Å²) in [6, 6.07) is 10.1. The Hall–Kier alpha value is -1.06. The van der Waals surface area contributed by atoms with E-state index < -0.39 is 0 Å². The van der Waals surface area contributed by atoms with E-state index in [1.54, 1.807) is 0 Å². The van der Waals surface area contributed by atoms with Gasteiger partial charge in [-0.3, -0.25) is 0 Å². The average Bonchev–Trinajstić information content (AvgIpc) is 2.53. The monoisotopic (exact) mass is 274 g/mol. The van der Waals surface area contributed by atoms with E-state index in [1.807, 2.05) is 0 Å². The van der Waals surface area contributed by atoms with Gasteiger partial charge in [0.1, 0.15) is 0 Å². The molecule has 1 N–H and O–H groups in total. The van der Waals surface area contributed by atoms with Crippen LogP contribution in [0.25, 0.3) is 0 Å². The van der Waals surface area contributed by atoms with E-state index in [0.29, 0.717) is 12.1 Å². The number of hydrogen-bond acceptors (Lipinski definition) is 3. The summed E-state index contributed by atoms with van der Waals surface area (Å²) in [5.74, 6) is 0. The second-order valence-electron chi connectivity index (χ2n) is 5.89. The van der Waals surface area contributed by atoms with Crippen molar-refractivity contribution in [1.82, 2.24) is 5.32 Å². The molecule has 3 nitrogen and oxygen atoms in total. The summed E-state index contributed by atoms with van der Waals surface area (Å²) in [5, 5.41) is 3.70. The summed E-state index contributed by atoms with van der Waals surface area (Å²) in [7, 11) is 0. The predicted octanol–water partition coefficient (Wildman–Crippen LogP) is 3.12. The van der Waals surface area contributed by atoms with Gasteiger partial charge in [0.25, 0.3) is 0 Å². The quantitative estimate of drug-likeness (QED) is 0.913. The molecule has 1 aromatic carbocycles. The highest BCUT2D eigenvalue weighted by Gasteiger charge is 2.29. The molecule has 0 amide bonds. The smallest absolute Gasteiger partial charge is 0.0485 e. The molecule has 1 fully saturated rings. The average molecular weight is 274 g/mol. The summed E-state index contributed by atoms with van der Waals surface area (Å²) >= 11 is 0. The molecular formula is C17H26N2O. The van der Waals surface area contributed by atoms with Crippen LogP contribution in [0, 0.1) is 0 Å². The molecule has 1 unspecified atom stereocenters. The number of nitrogens with one attached hydrogen (secondary N) is 1. The molecule has 0 saturated carbocycles. The minimum atomic E-state index is 0.530. The van der Waals surface area contributed by atoms with Crippen molar-refractivity contribution < 1.29 is 4.74 Å². The maximum absolute atomic E-state index is 5.51. The molecule has 0 spiro atoms. The zero-order valence-electron chi connectivity index (χ0n) is 12.5.